The second-order valence-electron chi connectivity index (χ2n) is 17.1. The molecule has 12 nitrogen and oxygen atoms in total. The van der Waals surface area contributed by atoms with Gasteiger partial charge in [0, 0.05) is 60.5 Å². The third-order valence-corrected chi connectivity index (χ3v) is 11.3. The van der Waals surface area contributed by atoms with Crippen molar-refractivity contribution in [3.63, 3.8) is 0 Å². The highest BCUT2D eigenvalue weighted by molar-refractivity contribution is 5.99. The molecule has 6 rings (SSSR count). The number of halogens is 2. The van der Waals surface area contributed by atoms with E-state index in [4.69, 9.17) is 4.74 Å². The van der Waals surface area contributed by atoms with Gasteiger partial charge in [-0.2, -0.15) is 5.10 Å². The predicted octanol–water partition coefficient (Wildman–Crippen LogP) is 8.57. The van der Waals surface area contributed by atoms with E-state index in [9.17, 15) is 32.8 Å². The van der Waals surface area contributed by atoms with E-state index in [1.165, 1.54) is 0 Å². The van der Waals surface area contributed by atoms with E-state index in [-0.39, 0.29) is 59.8 Å². The van der Waals surface area contributed by atoms with Gasteiger partial charge in [0.05, 0.1) is 0 Å². The summed E-state index contributed by atoms with van der Waals surface area (Å²) in [5.41, 5.74) is 4.62. The maximum atomic E-state index is 14.0. The molecule has 0 unspecified atom stereocenters. The largest absolute Gasteiger partial charge is 0.444 e. The van der Waals surface area contributed by atoms with Crippen molar-refractivity contribution < 1.29 is 37.5 Å². The molecule has 2 heterocycles. The molecule has 1 aromatic heterocycles. The molecule has 2 fully saturated rings. The Morgan fingerprint density at radius 1 is 0.917 bits per heavy atom. The van der Waals surface area contributed by atoms with Gasteiger partial charge in [0.1, 0.15) is 11.4 Å². The van der Waals surface area contributed by atoms with E-state index in [2.05, 4.69) is 31.1 Å². The van der Waals surface area contributed by atoms with Crippen molar-refractivity contribution in [1.29, 1.82) is 0 Å². The molecule has 3 amide bonds. The lowest BCUT2D eigenvalue weighted by molar-refractivity contribution is -0.129. The van der Waals surface area contributed by atoms with Gasteiger partial charge < -0.3 is 20.7 Å². The molecule has 1 saturated heterocycles. The topological polar surface area (TPSA) is 172 Å². The third kappa shape index (κ3) is 11.9. The molecule has 318 valence electrons. The molecule has 1 aliphatic heterocycles. The minimum absolute atomic E-state index is 0.0227. The molecular weight excluding hydrogens is 771 g/mol. The highest BCUT2D eigenvalue weighted by Gasteiger charge is 2.31. The lowest BCUT2D eigenvalue weighted by Gasteiger charge is -2.29. The van der Waals surface area contributed by atoms with E-state index in [0.29, 0.717) is 55.6 Å². The van der Waals surface area contributed by atoms with Crippen LogP contribution in [0.3, 0.4) is 0 Å². The number of hydrogen-bond acceptors (Lipinski definition) is 8. The Morgan fingerprint density at radius 3 is 2.25 bits per heavy atom. The number of benzene rings is 3. The quantitative estimate of drug-likeness (QED) is 0.0864. The number of carbonyl (C=O) groups is 5. The monoisotopic (exact) mass is 824 g/mol. The predicted molar refractivity (Wildman–Crippen MR) is 223 cm³/mol. The average molecular weight is 825 g/mol. The number of aromatic amines is 1. The van der Waals surface area contributed by atoms with E-state index in [0.717, 1.165) is 41.5 Å². The van der Waals surface area contributed by atoms with Gasteiger partial charge in [-0.25, -0.2) is 18.6 Å². The van der Waals surface area contributed by atoms with Crippen molar-refractivity contribution in [2.75, 3.05) is 18.4 Å². The Morgan fingerprint density at radius 2 is 1.62 bits per heavy atom. The number of aromatic nitrogens is 3. The van der Waals surface area contributed by atoms with Crippen molar-refractivity contribution >= 4 is 35.2 Å². The molecule has 14 heteroatoms. The number of piperidine rings is 1. The molecule has 60 heavy (non-hydrogen) atoms. The van der Waals surface area contributed by atoms with E-state index >= 15 is 0 Å². The van der Waals surface area contributed by atoms with Crippen LogP contribution in [0.15, 0.2) is 66.7 Å². The molecule has 3 aromatic carbocycles. The Bertz CT molecular complexity index is 2160. The number of ketones is 2. The number of Topliss-reactive ketones (excluding diaryl/α,β-unsaturated/α-hetero) is 2. The smallest absolute Gasteiger partial charge is 0.407 e. The summed E-state index contributed by atoms with van der Waals surface area (Å²) < 4.78 is 31.4. The lowest BCUT2D eigenvalue weighted by atomic mass is 9.77. The van der Waals surface area contributed by atoms with Crippen LogP contribution in [0.2, 0.25) is 0 Å². The summed E-state index contributed by atoms with van der Waals surface area (Å²) in [6.45, 7) is 8.51. The minimum Gasteiger partial charge on any atom is -0.444 e. The summed E-state index contributed by atoms with van der Waals surface area (Å²) in [6, 6.07) is 19.9. The van der Waals surface area contributed by atoms with E-state index < -0.39 is 29.9 Å². The fraction of sp³-hybridized carbons (Fsp3) is 0.457. The number of nitrogens with zero attached hydrogens (tertiary/aromatic N) is 2. The number of aryl methyl sites for hydroxylation is 1. The number of carbonyl (C=O) groups excluding carboxylic acids is 5. The molecule has 1 aliphatic carbocycles. The fourth-order valence-corrected chi connectivity index (χ4v) is 7.98. The molecule has 0 bridgehead atoms. The lowest BCUT2D eigenvalue weighted by Crippen LogP contribution is -2.37. The first kappa shape index (κ1) is 43.8. The van der Waals surface area contributed by atoms with Gasteiger partial charge in [0.2, 0.25) is 11.8 Å². The van der Waals surface area contributed by atoms with Crippen molar-refractivity contribution in [2.24, 2.45) is 23.7 Å². The fourth-order valence-electron chi connectivity index (χ4n) is 7.98. The van der Waals surface area contributed by atoms with Crippen molar-refractivity contribution in [1.82, 2.24) is 25.8 Å². The number of ether oxygens (including phenoxy) is 1. The van der Waals surface area contributed by atoms with Crippen LogP contribution in [-0.2, 0) is 25.5 Å². The molecule has 4 aromatic rings. The van der Waals surface area contributed by atoms with Crippen molar-refractivity contribution in [3.05, 3.63) is 89.2 Å². The van der Waals surface area contributed by atoms with Crippen molar-refractivity contribution in [3.8, 4) is 22.5 Å². The Kier molecular flexibility index (Phi) is 14.2. The summed E-state index contributed by atoms with van der Waals surface area (Å²) in [5.74, 6) is -1.80. The number of H-pyrrole nitrogens is 1. The summed E-state index contributed by atoms with van der Waals surface area (Å²) in [7, 11) is 0. The molecule has 1 saturated carbocycles. The zero-order valence-corrected chi connectivity index (χ0v) is 34.6. The summed E-state index contributed by atoms with van der Waals surface area (Å²) in [4.78, 5) is 69.1. The maximum absolute atomic E-state index is 14.0. The van der Waals surface area contributed by atoms with Crippen molar-refractivity contribution in [2.45, 2.75) is 97.5 Å². The number of amides is 3. The first-order valence-electron chi connectivity index (χ1n) is 20.7. The van der Waals surface area contributed by atoms with Crippen LogP contribution in [-0.4, -0.2) is 63.3 Å². The van der Waals surface area contributed by atoms with Gasteiger partial charge in [-0.3, -0.25) is 24.3 Å². The van der Waals surface area contributed by atoms with Gasteiger partial charge in [-0.15, -0.1) is 0 Å². The van der Waals surface area contributed by atoms with Crippen LogP contribution in [0.25, 0.3) is 22.5 Å². The zero-order valence-electron chi connectivity index (χ0n) is 34.6. The highest BCUT2D eigenvalue weighted by atomic mass is 19.3. The zero-order chi connectivity index (χ0) is 43.0. The Hall–Kier alpha value is -5.79. The highest BCUT2D eigenvalue weighted by Crippen LogP contribution is 2.32. The summed E-state index contributed by atoms with van der Waals surface area (Å²) in [6.07, 6.45) is 1.74. The summed E-state index contributed by atoms with van der Waals surface area (Å²) >= 11 is 0. The van der Waals surface area contributed by atoms with Gasteiger partial charge >= 0.3 is 6.09 Å². The molecule has 2 atom stereocenters. The minimum atomic E-state index is -2.78. The second kappa shape index (κ2) is 19.5. The Labute approximate surface area is 349 Å². The number of hydrogen-bond donors (Lipinski definition) is 4. The number of rotatable bonds is 15. The van der Waals surface area contributed by atoms with Gasteiger partial charge in [0.15, 0.2) is 17.4 Å². The second-order valence-corrected chi connectivity index (χ2v) is 17.1. The van der Waals surface area contributed by atoms with Crippen LogP contribution < -0.4 is 16.0 Å². The first-order valence-corrected chi connectivity index (χ1v) is 20.7. The molecule has 0 radical (unpaired) electrons. The summed E-state index contributed by atoms with van der Waals surface area (Å²) in [5, 5.41) is 14.7. The number of nitrogens with one attached hydrogen (secondary N) is 4. The third-order valence-electron chi connectivity index (χ3n) is 11.3. The van der Waals surface area contributed by atoms with Crippen LogP contribution in [0, 0.1) is 30.6 Å². The van der Waals surface area contributed by atoms with Gasteiger partial charge in [-0.05, 0) is 131 Å². The van der Waals surface area contributed by atoms with Gasteiger partial charge in [-0.1, -0.05) is 36.4 Å². The maximum Gasteiger partial charge on any atom is 0.407 e. The van der Waals surface area contributed by atoms with Crippen LogP contribution >= 0.6 is 0 Å². The number of alkyl halides is 2. The number of anilines is 1. The van der Waals surface area contributed by atoms with Crippen LogP contribution in [0.4, 0.5) is 19.3 Å². The normalized spacial score (nSPS) is 18.6. The molecule has 0 spiro atoms. The first-order chi connectivity index (χ1) is 28.6. The molecule has 2 aliphatic rings. The number of alkyl carbamates (subject to hydrolysis) is 1. The SMILES string of the molecule is Cc1cc(C(=O)C[C@@H]2CCCNC2=O)ccc1-c1ccc(C[C@H](CC(=O)C2CCC(CNC(=O)OC(C)(C)C)CC2)C(=O)Nc2ccc(-c3n[nH]c(C(F)F)n3)cc2)cc1. The Balaban J connectivity index is 1.12. The standard InChI is InChI=1S/C46H54F2N6O6/c1-27-22-33(39(56)24-34-6-5-21-49-43(34)57)17-20-37(27)30-11-7-28(8-12-30)23-35(25-38(55)31-13-9-29(10-14-31)26-50-45(59)60-46(2,3)4)44(58)51-36-18-15-32(16-19-36)41-52-42(40(47)48)54-53-41/h7-8,11-12,15-20,22,29,31,34-35,40H,5-6,9-10,13-14,21,23-26H2,1-4H3,(H,49,57)(H,50,59)(H,51,58)(H,52,53,54)/t29?,31?,34-,35+/m0/s1. The molecule has 4 N–H and O–H groups in total. The van der Waals surface area contributed by atoms with Gasteiger partial charge in [0.25, 0.3) is 6.43 Å². The average Bonchev–Trinajstić information content (AvgIpc) is 3.72. The van der Waals surface area contributed by atoms with E-state index in [1.807, 2.05) is 64.1 Å². The van der Waals surface area contributed by atoms with Crippen LogP contribution in [0.5, 0.6) is 0 Å². The van der Waals surface area contributed by atoms with Crippen LogP contribution in [0.1, 0.15) is 106 Å². The van der Waals surface area contributed by atoms with E-state index in [1.54, 1.807) is 30.3 Å². The molecular formula is C46H54F2N6O6.